The molecule has 0 aromatic heterocycles. The van der Waals surface area contributed by atoms with E-state index in [4.69, 9.17) is 5.73 Å². The third-order valence-electron chi connectivity index (χ3n) is 8.14. The van der Waals surface area contributed by atoms with Crippen LogP contribution < -0.4 is 16.4 Å². The summed E-state index contributed by atoms with van der Waals surface area (Å²) in [6, 6.07) is -1.42. The monoisotopic (exact) mass is 518 g/mol. The summed E-state index contributed by atoms with van der Waals surface area (Å²) in [5, 5.41) is 15.6. The molecule has 2 heterocycles. The molecule has 0 atom stereocenters. The zero-order valence-corrected chi connectivity index (χ0v) is 22.1. The van der Waals surface area contributed by atoms with E-state index >= 15 is 0 Å². The van der Waals surface area contributed by atoms with Crippen molar-refractivity contribution in [2.24, 2.45) is 11.1 Å². The highest BCUT2D eigenvalue weighted by Gasteiger charge is 2.64. The summed E-state index contributed by atoms with van der Waals surface area (Å²) in [5.74, 6) is -1.83. The van der Waals surface area contributed by atoms with Crippen molar-refractivity contribution in [2.45, 2.75) is 89.3 Å². The summed E-state index contributed by atoms with van der Waals surface area (Å²) in [7, 11) is 1.47. The molecule has 0 aromatic rings. The largest absolute Gasteiger partial charge is 0.389 e. The highest BCUT2D eigenvalue weighted by atomic mass is 16.3. The van der Waals surface area contributed by atoms with Gasteiger partial charge in [0.05, 0.1) is 5.60 Å². The Hall–Kier alpha value is -3.15. The van der Waals surface area contributed by atoms with Gasteiger partial charge in [0.1, 0.15) is 16.9 Å². The van der Waals surface area contributed by atoms with Crippen LogP contribution in [-0.4, -0.2) is 86.9 Å². The molecule has 2 spiro atoms. The van der Waals surface area contributed by atoms with E-state index in [1.165, 1.54) is 11.9 Å². The molecule has 2 aliphatic heterocycles. The molecule has 5 N–H and O–H groups in total. The summed E-state index contributed by atoms with van der Waals surface area (Å²) < 4.78 is 0. The molecule has 4 rings (SSSR count). The van der Waals surface area contributed by atoms with E-state index in [1.54, 1.807) is 13.8 Å². The average molecular weight is 519 g/mol. The Morgan fingerprint density at radius 1 is 1.14 bits per heavy atom. The van der Waals surface area contributed by atoms with Crippen molar-refractivity contribution in [1.29, 1.82) is 0 Å². The van der Waals surface area contributed by atoms with Gasteiger partial charge >= 0.3 is 12.1 Å². The Bertz CT molecular complexity index is 1050. The molecule has 12 heteroatoms. The van der Waals surface area contributed by atoms with E-state index in [0.717, 1.165) is 16.2 Å². The molecular weight excluding hydrogens is 480 g/mol. The van der Waals surface area contributed by atoms with Gasteiger partial charge in [0.15, 0.2) is 0 Å². The molecular formula is C25H38N6O6. The van der Waals surface area contributed by atoms with Crippen molar-refractivity contribution in [2.75, 3.05) is 20.1 Å². The standard InChI is InChI=1S/C25H38N6O6/c1-5-6-11-30-18(32)16(17(26)27-14-23(2,3)37)19(33)31(22(30)36)15-7-9-24(10-8-15)12-25(13-24)20(34)29(4)21(35)28-25/h15,27,37H,5-14,26H2,1-4H3,(H,28,35)/b17-16+. The SMILES string of the molecule is CCCCN1C(=O)/C(=C(/N)NCC(C)(C)O)C(=O)N(C2CCC3(CC2)CC2(C3)NC(=O)N(C)C2=O)C1=O. The lowest BCUT2D eigenvalue weighted by Gasteiger charge is -2.56. The van der Waals surface area contributed by atoms with Crippen molar-refractivity contribution in [1.82, 2.24) is 25.3 Å². The Kier molecular flexibility index (Phi) is 6.76. The maximum Gasteiger partial charge on any atom is 0.334 e. The minimum atomic E-state index is -1.13. The van der Waals surface area contributed by atoms with Gasteiger partial charge in [-0.05, 0) is 64.2 Å². The van der Waals surface area contributed by atoms with Crippen LogP contribution in [0.15, 0.2) is 11.4 Å². The average Bonchev–Trinajstić information content (AvgIpc) is 3.02. The summed E-state index contributed by atoms with van der Waals surface area (Å²) in [6.45, 7) is 5.27. The lowest BCUT2D eigenvalue weighted by atomic mass is 9.51. The minimum absolute atomic E-state index is 0.0178. The van der Waals surface area contributed by atoms with Crippen LogP contribution in [0.5, 0.6) is 0 Å². The number of carbonyl (C=O) groups is 5. The number of rotatable bonds is 7. The number of hydrogen-bond donors (Lipinski definition) is 4. The first-order chi connectivity index (χ1) is 17.2. The molecule has 4 fully saturated rings. The Balaban J connectivity index is 1.51. The molecule has 0 aromatic carbocycles. The lowest BCUT2D eigenvalue weighted by molar-refractivity contribution is -0.143. The second kappa shape index (κ2) is 9.30. The number of urea groups is 2. The molecule has 204 valence electrons. The molecule has 0 bridgehead atoms. The number of likely N-dealkylation sites (N-methyl/N-ethyl adjacent to an activating group) is 1. The van der Waals surface area contributed by atoms with E-state index in [-0.39, 0.29) is 41.8 Å². The molecule has 7 amide bonds. The molecule has 0 unspecified atom stereocenters. The fraction of sp³-hybridized carbons (Fsp3) is 0.720. The topological polar surface area (TPSA) is 165 Å². The second-order valence-corrected chi connectivity index (χ2v) is 11.7. The maximum absolute atomic E-state index is 13.5. The number of nitrogens with one attached hydrogen (secondary N) is 2. The van der Waals surface area contributed by atoms with E-state index < -0.39 is 35.0 Å². The van der Waals surface area contributed by atoms with Crippen molar-refractivity contribution in [3.63, 3.8) is 0 Å². The first-order valence-electron chi connectivity index (χ1n) is 13.0. The van der Waals surface area contributed by atoms with Crippen LogP contribution in [0.4, 0.5) is 9.59 Å². The maximum atomic E-state index is 13.5. The molecule has 37 heavy (non-hydrogen) atoms. The second-order valence-electron chi connectivity index (χ2n) is 11.7. The van der Waals surface area contributed by atoms with Gasteiger partial charge in [0, 0.05) is 26.2 Å². The summed E-state index contributed by atoms with van der Waals surface area (Å²) in [4.78, 5) is 68.0. The van der Waals surface area contributed by atoms with E-state index in [9.17, 15) is 29.1 Å². The van der Waals surface area contributed by atoms with Crippen LogP contribution in [0.2, 0.25) is 0 Å². The van der Waals surface area contributed by atoms with Crippen LogP contribution in [0, 0.1) is 5.41 Å². The molecule has 2 saturated heterocycles. The fourth-order valence-corrected chi connectivity index (χ4v) is 6.17. The van der Waals surface area contributed by atoms with Crippen LogP contribution >= 0.6 is 0 Å². The zero-order chi connectivity index (χ0) is 27.3. The first kappa shape index (κ1) is 26.9. The van der Waals surface area contributed by atoms with Gasteiger partial charge in [0.25, 0.3) is 17.7 Å². The van der Waals surface area contributed by atoms with Gasteiger partial charge in [-0.15, -0.1) is 0 Å². The van der Waals surface area contributed by atoms with Crippen LogP contribution in [0.25, 0.3) is 0 Å². The predicted octanol–water partition coefficient (Wildman–Crippen LogP) is 0.751. The number of carbonyl (C=O) groups excluding carboxylic acids is 5. The summed E-state index contributed by atoms with van der Waals surface area (Å²) >= 11 is 0. The van der Waals surface area contributed by atoms with Crippen molar-refractivity contribution < 1.29 is 29.1 Å². The predicted molar refractivity (Wildman–Crippen MR) is 132 cm³/mol. The number of barbiturate groups is 1. The fourth-order valence-electron chi connectivity index (χ4n) is 6.17. The normalized spacial score (nSPS) is 31.9. The number of hydrogen-bond acceptors (Lipinski definition) is 8. The summed E-state index contributed by atoms with van der Waals surface area (Å²) in [6.07, 6.45) is 4.89. The smallest absolute Gasteiger partial charge is 0.334 e. The number of nitrogens with zero attached hydrogens (tertiary/aromatic N) is 3. The van der Waals surface area contributed by atoms with E-state index in [0.29, 0.717) is 44.9 Å². The lowest BCUT2D eigenvalue weighted by Crippen LogP contribution is -2.65. The number of aliphatic hydroxyl groups is 1. The van der Waals surface area contributed by atoms with Gasteiger partial charge in [-0.3, -0.25) is 29.1 Å². The highest BCUT2D eigenvalue weighted by Crippen LogP contribution is 2.58. The van der Waals surface area contributed by atoms with Crippen LogP contribution in [0.1, 0.15) is 72.1 Å². The Morgan fingerprint density at radius 3 is 2.27 bits per heavy atom. The highest BCUT2D eigenvalue weighted by molar-refractivity contribution is 6.29. The minimum Gasteiger partial charge on any atom is -0.389 e. The van der Waals surface area contributed by atoms with Gasteiger partial charge in [0.2, 0.25) is 0 Å². The van der Waals surface area contributed by atoms with Crippen molar-refractivity contribution >= 4 is 29.8 Å². The van der Waals surface area contributed by atoms with Crippen LogP contribution in [0.3, 0.4) is 0 Å². The first-order valence-corrected chi connectivity index (χ1v) is 13.0. The van der Waals surface area contributed by atoms with E-state index in [2.05, 4.69) is 10.6 Å². The zero-order valence-electron chi connectivity index (χ0n) is 22.1. The van der Waals surface area contributed by atoms with Gasteiger partial charge in [-0.2, -0.15) is 0 Å². The third-order valence-corrected chi connectivity index (χ3v) is 8.14. The molecule has 2 aliphatic carbocycles. The number of amides is 7. The van der Waals surface area contributed by atoms with Crippen LogP contribution in [-0.2, 0) is 14.4 Å². The third kappa shape index (κ3) is 4.67. The Labute approximate surface area is 216 Å². The van der Waals surface area contributed by atoms with Gasteiger partial charge in [-0.25, -0.2) is 9.59 Å². The van der Waals surface area contributed by atoms with Gasteiger partial charge < -0.3 is 21.5 Å². The molecule has 4 aliphatic rings. The van der Waals surface area contributed by atoms with Gasteiger partial charge in [-0.1, -0.05) is 13.3 Å². The van der Waals surface area contributed by atoms with E-state index in [1.807, 2.05) is 6.92 Å². The summed E-state index contributed by atoms with van der Waals surface area (Å²) in [5.41, 5.74) is 3.74. The number of nitrogens with two attached hydrogens (primary N) is 1. The quantitative estimate of drug-likeness (QED) is 0.218. The number of imide groups is 3. The molecule has 12 nitrogen and oxygen atoms in total. The number of unbranched alkanes of at least 4 members (excludes halogenated alkanes) is 1. The van der Waals surface area contributed by atoms with Crippen molar-refractivity contribution in [3.05, 3.63) is 11.4 Å². The molecule has 0 radical (unpaired) electrons. The van der Waals surface area contributed by atoms with Crippen molar-refractivity contribution in [3.8, 4) is 0 Å². The Morgan fingerprint density at radius 2 is 1.76 bits per heavy atom. The molecule has 2 saturated carbocycles.